The molecule has 0 saturated heterocycles. The van der Waals surface area contributed by atoms with E-state index >= 15 is 0 Å². The Kier molecular flexibility index (Phi) is 8.43. The summed E-state index contributed by atoms with van der Waals surface area (Å²) < 4.78 is 54.6. The number of thioether (sulfide) groups is 1. The quantitative estimate of drug-likeness (QED) is 0.125. The zero-order chi connectivity index (χ0) is 28.9. The van der Waals surface area contributed by atoms with Crippen molar-refractivity contribution < 1.29 is 32.1 Å². The van der Waals surface area contributed by atoms with E-state index in [2.05, 4.69) is 20.8 Å². The van der Waals surface area contributed by atoms with E-state index in [0.717, 1.165) is 36.0 Å². The lowest BCUT2D eigenvalue weighted by molar-refractivity contribution is -0.384. The second kappa shape index (κ2) is 11.9. The van der Waals surface area contributed by atoms with Crippen LogP contribution in [0.25, 0.3) is 5.69 Å². The molecule has 0 atom stereocenters. The molecule has 1 heterocycles. The molecular weight excluding hydrogens is 556 g/mol. The summed E-state index contributed by atoms with van der Waals surface area (Å²) in [6.07, 6.45) is -4.63. The van der Waals surface area contributed by atoms with Gasteiger partial charge in [0.1, 0.15) is 5.82 Å². The Morgan fingerprint density at radius 3 is 2.35 bits per heavy atom. The maximum Gasteiger partial charge on any atom is 0.416 e. The van der Waals surface area contributed by atoms with Gasteiger partial charge in [0.25, 0.3) is 11.6 Å². The monoisotopic (exact) mass is 574 g/mol. The minimum Gasteiger partial charge on any atom is -0.345 e. The maximum atomic E-state index is 13.4. The first kappa shape index (κ1) is 28.2. The van der Waals surface area contributed by atoms with Crippen LogP contribution in [0.2, 0.25) is 0 Å². The Morgan fingerprint density at radius 2 is 1.70 bits per heavy atom. The van der Waals surface area contributed by atoms with Gasteiger partial charge in [-0.3, -0.25) is 24.3 Å². The van der Waals surface area contributed by atoms with Crippen LogP contribution >= 0.6 is 11.8 Å². The van der Waals surface area contributed by atoms with Crippen LogP contribution < -0.4 is 10.6 Å². The fourth-order valence-corrected chi connectivity index (χ4v) is 4.22. The molecule has 0 fully saturated rings. The van der Waals surface area contributed by atoms with Crippen molar-refractivity contribution in [1.29, 1.82) is 0 Å². The molecule has 1 aromatic heterocycles. The lowest BCUT2D eigenvalue weighted by Gasteiger charge is -2.13. The van der Waals surface area contributed by atoms with Crippen LogP contribution in [0.4, 0.5) is 28.9 Å². The smallest absolute Gasteiger partial charge is 0.345 e. The third-order valence-electron chi connectivity index (χ3n) is 5.34. The molecule has 4 aromatic rings. The van der Waals surface area contributed by atoms with Crippen LogP contribution in [0, 0.1) is 15.9 Å². The lowest BCUT2D eigenvalue weighted by atomic mass is 10.2. The molecule has 0 aliphatic heterocycles. The van der Waals surface area contributed by atoms with Gasteiger partial charge in [-0.15, -0.1) is 10.2 Å². The van der Waals surface area contributed by atoms with Crippen molar-refractivity contribution in [2.45, 2.75) is 17.9 Å². The number of halogens is 4. The molecule has 0 aliphatic carbocycles. The number of nitrogens with zero attached hydrogens (tertiary/aromatic N) is 4. The van der Waals surface area contributed by atoms with Crippen molar-refractivity contribution >= 4 is 35.0 Å². The number of hydrogen-bond acceptors (Lipinski definition) is 7. The SMILES string of the molecule is O=C(CSc1nnc(CNC(=O)c2ccc([N+](=O)[O-])cc2)n1-c1cccc(C(F)(F)F)c1)Nc1ccc(F)cc1. The highest BCUT2D eigenvalue weighted by atomic mass is 32.2. The molecule has 0 unspecified atom stereocenters. The molecule has 40 heavy (non-hydrogen) atoms. The molecular formula is C25H18F4N6O4S. The molecule has 0 aliphatic rings. The van der Waals surface area contributed by atoms with Gasteiger partial charge in [-0.2, -0.15) is 13.2 Å². The molecule has 2 amide bonds. The van der Waals surface area contributed by atoms with Crippen molar-refractivity contribution in [3.05, 3.63) is 106 Å². The predicted molar refractivity (Wildman–Crippen MR) is 136 cm³/mol. The van der Waals surface area contributed by atoms with Crippen LogP contribution in [0.15, 0.2) is 78.0 Å². The average molecular weight is 575 g/mol. The number of rotatable bonds is 9. The number of alkyl halides is 3. The molecule has 0 radical (unpaired) electrons. The topological polar surface area (TPSA) is 132 Å². The summed E-state index contributed by atoms with van der Waals surface area (Å²) in [5, 5.41) is 24.0. The van der Waals surface area contributed by atoms with Crippen LogP contribution in [0.1, 0.15) is 21.7 Å². The predicted octanol–water partition coefficient (Wildman–Crippen LogP) is 4.99. The van der Waals surface area contributed by atoms with Gasteiger partial charge in [-0.05, 0) is 54.6 Å². The molecule has 0 saturated carbocycles. The fraction of sp³-hybridized carbons (Fsp3) is 0.120. The number of aromatic nitrogens is 3. The largest absolute Gasteiger partial charge is 0.416 e. The number of amides is 2. The number of non-ortho nitro benzene ring substituents is 1. The zero-order valence-electron chi connectivity index (χ0n) is 20.2. The van der Waals surface area contributed by atoms with Crippen molar-refractivity contribution in [2.24, 2.45) is 0 Å². The third-order valence-corrected chi connectivity index (χ3v) is 6.27. The van der Waals surface area contributed by atoms with Gasteiger partial charge in [-0.1, -0.05) is 17.8 Å². The van der Waals surface area contributed by atoms with E-state index in [-0.39, 0.29) is 40.2 Å². The van der Waals surface area contributed by atoms with E-state index < -0.39 is 34.3 Å². The first-order valence-electron chi connectivity index (χ1n) is 11.3. The minimum atomic E-state index is -4.63. The van der Waals surface area contributed by atoms with E-state index in [9.17, 15) is 37.3 Å². The van der Waals surface area contributed by atoms with E-state index in [4.69, 9.17) is 0 Å². The summed E-state index contributed by atoms with van der Waals surface area (Å²) in [7, 11) is 0. The fourth-order valence-electron chi connectivity index (χ4n) is 3.45. The van der Waals surface area contributed by atoms with Gasteiger partial charge >= 0.3 is 6.18 Å². The van der Waals surface area contributed by atoms with Crippen molar-refractivity contribution in [3.8, 4) is 5.69 Å². The van der Waals surface area contributed by atoms with Crippen LogP contribution in [-0.4, -0.2) is 37.3 Å². The van der Waals surface area contributed by atoms with Gasteiger partial charge in [0.2, 0.25) is 5.91 Å². The highest BCUT2D eigenvalue weighted by molar-refractivity contribution is 7.99. The molecule has 2 N–H and O–H groups in total. The third kappa shape index (κ3) is 6.99. The number of hydrogen-bond donors (Lipinski definition) is 2. The van der Waals surface area contributed by atoms with Crippen LogP contribution in [-0.2, 0) is 17.5 Å². The van der Waals surface area contributed by atoms with E-state index in [1.165, 1.54) is 53.1 Å². The first-order valence-corrected chi connectivity index (χ1v) is 12.3. The van der Waals surface area contributed by atoms with Gasteiger partial charge in [0, 0.05) is 23.4 Å². The number of benzene rings is 3. The maximum absolute atomic E-state index is 13.4. The van der Waals surface area contributed by atoms with Gasteiger partial charge in [0.05, 0.1) is 28.5 Å². The molecule has 4 rings (SSSR count). The Labute approximate surface area is 227 Å². The number of carbonyl (C=O) groups excluding carboxylic acids is 2. The van der Waals surface area contributed by atoms with E-state index in [0.29, 0.717) is 5.69 Å². The van der Waals surface area contributed by atoms with Gasteiger partial charge in [-0.25, -0.2) is 4.39 Å². The Morgan fingerprint density at radius 1 is 1.00 bits per heavy atom. The van der Waals surface area contributed by atoms with Crippen LogP contribution in [0.3, 0.4) is 0 Å². The standard InChI is InChI=1S/C25H18F4N6O4S/c26-17-6-8-18(9-7-17)31-22(36)14-40-24-33-32-21(34(24)20-3-1-2-16(12-20)25(27,28)29)13-30-23(37)15-4-10-19(11-5-15)35(38)39/h1-12H,13-14H2,(H,30,37)(H,31,36). The second-order valence-corrected chi connectivity index (χ2v) is 9.06. The normalized spacial score (nSPS) is 11.2. The molecule has 0 bridgehead atoms. The Hall–Kier alpha value is -4.79. The lowest BCUT2D eigenvalue weighted by Crippen LogP contribution is -2.24. The highest BCUT2D eigenvalue weighted by Crippen LogP contribution is 2.31. The number of nitrogens with one attached hydrogen (secondary N) is 2. The zero-order valence-corrected chi connectivity index (χ0v) is 21.0. The highest BCUT2D eigenvalue weighted by Gasteiger charge is 2.31. The number of carbonyl (C=O) groups is 2. The Balaban J connectivity index is 1.55. The molecule has 206 valence electrons. The molecule has 15 heteroatoms. The summed E-state index contributed by atoms with van der Waals surface area (Å²) in [6.45, 7) is -0.262. The van der Waals surface area contributed by atoms with E-state index in [1.807, 2.05) is 0 Å². The average Bonchev–Trinajstić information content (AvgIpc) is 3.34. The number of nitro groups is 1. The number of nitro benzene ring substituents is 1. The van der Waals surface area contributed by atoms with Crippen LogP contribution in [0.5, 0.6) is 0 Å². The van der Waals surface area contributed by atoms with Crippen molar-refractivity contribution in [2.75, 3.05) is 11.1 Å². The Bertz CT molecular complexity index is 1540. The van der Waals surface area contributed by atoms with Gasteiger partial charge in [0.15, 0.2) is 11.0 Å². The summed E-state index contributed by atoms with van der Waals surface area (Å²) >= 11 is 0.887. The second-order valence-electron chi connectivity index (χ2n) is 8.11. The summed E-state index contributed by atoms with van der Waals surface area (Å²) in [4.78, 5) is 35.2. The molecule has 10 nitrogen and oxygen atoms in total. The minimum absolute atomic E-state index is 0.0425. The molecule has 0 spiro atoms. The molecule has 3 aromatic carbocycles. The number of anilines is 1. The summed E-state index contributed by atoms with van der Waals surface area (Å²) in [5.41, 5.74) is -0.625. The van der Waals surface area contributed by atoms with E-state index in [1.54, 1.807) is 0 Å². The summed E-state index contributed by atoms with van der Waals surface area (Å²) in [6, 6.07) is 14.3. The summed E-state index contributed by atoms with van der Waals surface area (Å²) in [5.74, 6) is -1.71. The van der Waals surface area contributed by atoms with Crippen molar-refractivity contribution in [1.82, 2.24) is 20.1 Å². The first-order chi connectivity index (χ1) is 19.0. The van der Waals surface area contributed by atoms with Crippen molar-refractivity contribution in [3.63, 3.8) is 0 Å². The van der Waals surface area contributed by atoms with Gasteiger partial charge < -0.3 is 10.6 Å².